The summed E-state index contributed by atoms with van der Waals surface area (Å²) in [6.45, 7) is 0. The number of benzene rings is 1. The maximum Gasteiger partial charge on any atom is 0.163 e. The van der Waals surface area contributed by atoms with E-state index >= 15 is 0 Å². The highest BCUT2D eigenvalue weighted by Crippen LogP contribution is 2.35. The number of methoxy groups -OCH3 is 1. The van der Waals surface area contributed by atoms with Crippen LogP contribution in [0, 0.1) is 5.82 Å². The number of anilines is 1. The van der Waals surface area contributed by atoms with Gasteiger partial charge in [0.1, 0.15) is 5.75 Å². The van der Waals surface area contributed by atoms with E-state index in [1.165, 1.54) is 11.3 Å². The minimum absolute atomic E-state index is 0.178. The van der Waals surface area contributed by atoms with E-state index in [9.17, 15) is 4.39 Å². The minimum atomic E-state index is -0.356. The molecule has 68 valence electrons. The summed E-state index contributed by atoms with van der Waals surface area (Å²) in [5.74, 6) is 0.338. The van der Waals surface area contributed by atoms with E-state index in [-0.39, 0.29) is 11.5 Å². The third-order valence-corrected chi connectivity index (χ3v) is 2.86. The molecule has 0 aliphatic heterocycles. The molecule has 0 bridgehead atoms. The molecule has 0 amide bonds. The van der Waals surface area contributed by atoms with Crippen molar-refractivity contribution in [3.8, 4) is 5.75 Å². The molecule has 0 atom stereocenters. The molecule has 2 N–H and O–H groups in total. The van der Waals surface area contributed by atoms with E-state index in [2.05, 4.69) is 0 Å². The van der Waals surface area contributed by atoms with Gasteiger partial charge in [0.25, 0.3) is 0 Å². The number of nitrogens with two attached hydrogens (primary N) is 1. The Hall–Kier alpha value is -1.29. The second-order valence-corrected chi connectivity index (χ2v) is 3.53. The number of hydrogen-bond donors (Lipinski definition) is 1. The van der Waals surface area contributed by atoms with Crippen LogP contribution in [0.15, 0.2) is 17.5 Å². The third kappa shape index (κ3) is 1.14. The number of thiophene rings is 1. The summed E-state index contributed by atoms with van der Waals surface area (Å²) < 4.78 is 19.0. The van der Waals surface area contributed by atoms with Crippen LogP contribution < -0.4 is 10.5 Å². The van der Waals surface area contributed by atoms with Gasteiger partial charge in [-0.3, -0.25) is 0 Å². The van der Waals surface area contributed by atoms with Crippen LogP contribution >= 0.6 is 11.3 Å². The van der Waals surface area contributed by atoms with Gasteiger partial charge in [-0.05, 0) is 12.1 Å². The smallest absolute Gasteiger partial charge is 0.163 e. The lowest BCUT2D eigenvalue weighted by molar-refractivity contribution is 0.421. The van der Waals surface area contributed by atoms with E-state index in [0.717, 1.165) is 5.39 Å². The SMILES string of the molecule is COc1csc2c(F)c(N)ccc12. The summed E-state index contributed by atoms with van der Waals surface area (Å²) in [6, 6.07) is 3.32. The van der Waals surface area contributed by atoms with E-state index in [1.54, 1.807) is 24.6 Å². The molecule has 1 aromatic heterocycles. The summed E-state index contributed by atoms with van der Waals surface area (Å²) in [5.41, 5.74) is 5.61. The lowest BCUT2D eigenvalue weighted by Crippen LogP contribution is -1.89. The van der Waals surface area contributed by atoms with Crippen molar-refractivity contribution < 1.29 is 9.13 Å². The number of rotatable bonds is 1. The molecule has 4 heteroatoms. The van der Waals surface area contributed by atoms with Gasteiger partial charge in [0, 0.05) is 10.8 Å². The standard InChI is InChI=1S/C9H8FNOS/c1-12-7-4-13-9-5(7)2-3-6(11)8(9)10/h2-4H,11H2,1H3. The zero-order valence-electron chi connectivity index (χ0n) is 7.00. The van der Waals surface area contributed by atoms with Gasteiger partial charge in [0.05, 0.1) is 17.5 Å². The molecule has 0 saturated carbocycles. The zero-order valence-corrected chi connectivity index (χ0v) is 7.82. The fourth-order valence-corrected chi connectivity index (χ4v) is 2.18. The second-order valence-electron chi connectivity index (χ2n) is 2.65. The van der Waals surface area contributed by atoms with E-state index in [0.29, 0.717) is 10.4 Å². The van der Waals surface area contributed by atoms with Crippen LogP contribution in [-0.2, 0) is 0 Å². The molecule has 0 aliphatic rings. The number of hydrogen-bond acceptors (Lipinski definition) is 3. The Bertz CT molecular complexity index is 452. The van der Waals surface area contributed by atoms with Gasteiger partial charge >= 0.3 is 0 Å². The largest absolute Gasteiger partial charge is 0.495 e. The zero-order chi connectivity index (χ0) is 9.42. The molecule has 0 spiro atoms. The van der Waals surface area contributed by atoms with E-state index in [1.807, 2.05) is 0 Å². The van der Waals surface area contributed by atoms with Crippen molar-refractivity contribution in [1.82, 2.24) is 0 Å². The first kappa shape index (κ1) is 8.31. The molecule has 0 unspecified atom stereocenters. The van der Waals surface area contributed by atoms with Crippen LogP contribution in [0.4, 0.5) is 10.1 Å². The Morgan fingerprint density at radius 2 is 2.23 bits per heavy atom. The van der Waals surface area contributed by atoms with Gasteiger partial charge in [-0.25, -0.2) is 4.39 Å². The highest BCUT2D eigenvalue weighted by Gasteiger charge is 2.10. The van der Waals surface area contributed by atoms with E-state index < -0.39 is 0 Å². The topological polar surface area (TPSA) is 35.2 Å². The first-order chi connectivity index (χ1) is 6.24. The maximum absolute atomic E-state index is 13.4. The summed E-state index contributed by atoms with van der Waals surface area (Å²) in [4.78, 5) is 0. The average molecular weight is 197 g/mol. The molecule has 2 aromatic rings. The van der Waals surface area contributed by atoms with Crippen molar-refractivity contribution in [3.63, 3.8) is 0 Å². The van der Waals surface area contributed by atoms with Crippen molar-refractivity contribution in [2.75, 3.05) is 12.8 Å². The van der Waals surface area contributed by atoms with Crippen LogP contribution in [0.2, 0.25) is 0 Å². The van der Waals surface area contributed by atoms with Gasteiger partial charge < -0.3 is 10.5 Å². The van der Waals surface area contributed by atoms with Crippen molar-refractivity contribution in [2.24, 2.45) is 0 Å². The van der Waals surface area contributed by atoms with Crippen molar-refractivity contribution in [1.29, 1.82) is 0 Å². The van der Waals surface area contributed by atoms with Crippen LogP contribution in [0.1, 0.15) is 0 Å². The molecule has 0 aliphatic carbocycles. The molecule has 2 nitrogen and oxygen atoms in total. The number of ether oxygens (including phenoxy) is 1. The molecule has 13 heavy (non-hydrogen) atoms. The fourth-order valence-electron chi connectivity index (χ4n) is 1.21. The predicted octanol–water partition coefficient (Wildman–Crippen LogP) is 2.63. The Morgan fingerprint density at radius 1 is 1.46 bits per heavy atom. The highest BCUT2D eigenvalue weighted by molar-refractivity contribution is 7.17. The fraction of sp³-hybridized carbons (Fsp3) is 0.111. The van der Waals surface area contributed by atoms with Gasteiger partial charge in [-0.15, -0.1) is 11.3 Å². The van der Waals surface area contributed by atoms with Crippen molar-refractivity contribution in [2.45, 2.75) is 0 Å². The molecule has 0 fully saturated rings. The predicted molar refractivity (Wildman–Crippen MR) is 52.7 cm³/mol. The molecular weight excluding hydrogens is 189 g/mol. The van der Waals surface area contributed by atoms with Crippen LogP contribution in [0.25, 0.3) is 10.1 Å². The maximum atomic E-state index is 13.4. The van der Waals surface area contributed by atoms with Gasteiger partial charge in [-0.2, -0.15) is 0 Å². The summed E-state index contributed by atoms with van der Waals surface area (Å²) >= 11 is 1.30. The summed E-state index contributed by atoms with van der Waals surface area (Å²) in [6.07, 6.45) is 0. The first-order valence-corrected chi connectivity index (χ1v) is 4.61. The third-order valence-electron chi connectivity index (χ3n) is 1.90. The second kappa shape index (κ2) is 2.88. The normalized spacial score (nSPS) is 10.6. The quantitative estimate of drug-likeness (QED) is 0.713. The molecule has 1 heterocycles. The molecule has 0 saturated heterocycles. The van der Waals surface area contributed by atoms with Gasteiger partial charge in [0.15, 0.2) is 5.82 Å². The van der Waals surface area contributed by atoms with Crippen LogP contribution in [0.3, 0.4) is 0 Å². The Balaban J connectivity index is 2.81. The first-order valence-electron chi connectivity index (χ1n) is 3.73. The minimum Gasteiger partial charge on any atom is -0.495 e. The van der Waals surface area contributed by atoms with Crippen LogP contribution in [0.5, 0.6) is 5.75 Å². The van der Waals surface area contributed by atoms with Crippen molar-refractivity contribution in [3.05, 3.63) is 23.3 Å². The molecular formula is C9H8FNOS. The van der Waals surface area contributed by atoms with E-state index in [4.69, 9.17) is 10.5 Å². The summed E-state index contributed by atoms with van der Waals surface area (Å²) in [5, 5.41) is 2.55. The van der Waals surface area contributed by atoms with Gasteiger partial charge in [-0.1, -0.05) is 0 Å². The monoisotopic (exact) mass is 197 g/mol. The highest BCUT2D eigenvalue weighted by atomic mass is 32.1. The number of halogens is 1. The van der Waals surface area contributed by atoms with Gasteiger partial charge in [0.2, 0.25) is 0 Å². The van der Waals surface area contributed by atoms with Crippen molar-refractivity contribution >= 4 is 27.1 Å². The lowest BCUT2D eigenvalue weighted by Gasteiger charge is -1.98. The number of nitrogen functional groups attached to an aromatic ring is 1. The molecule has 2 rings (SSSR count). The van der Waals surface area contributed by atoms with Crippen LogP contribution in [-0.4, -0.2) is 7.11 Å². The lowest BCUT2D eigenvalue weighted by atomic mass is 10.2. The Labute approximate surface area is 78.7 Å². The Morgan fingerprint density at radius 3 is 2.92 bits per heavy atom. The number of fused-ring (bicyclic) bond motifs is 1. The Kier molecular flexibility index (Phi) is 1.84. The average Bonchev–Trinajstić information content (AvgIpc) is 2.55. The summed E-state index contributed by atoms with van der Waals surface area (Å²) in [7, 11) is 1.57. The molecule has 0 radical (unpaired) electrons. The molecule has 1 aromatic carbocycles.